The number of rotatable bonds is 5. The lowest BCUT2D eigenvalue weighted by Crippen LogP contribution is -2.41. The molecule has 1 heterocycles. The number of benzene rings is 1. The zero-order chi connectivity index (χ0) is 17.1. The highest BCUT2D eigenvalue weighted by Crippen LogP contribution is 2.43. The number of alkyl halides is 2. The number of hydrogen-bond acceptors (Lipinski definition) is 2. The van der Waals surface area contributed by atoms with Crippen LogP contribution < -0.4 is 5.32 Å². The van der Waals surface area contributed by atoms with Gasteiger partial charge < -0.3 is 10.2 Å². The van der Waals surface area contributed by atoms with Gasteiger partial charge in [-0.05, 0) is 37.3 Å². The van der Waals surface area contributed by atoms with Crippen molar-refractivity contribution in [2.24, 2.45) is 17.8 Å². The van der Waals surface area contributed by atoms with Crippen molar-refractivity contribution in [1.82, 2.24) is 10.2 Å². The molecule has 1 aliphatic carbocycles. The number of nitrogens with one attached hydrogen (secondary N) is 1. The van der Waals surface area contributed by atoms with Crippen LogP contribution in [-0.2, 0) is 4.79 Å². The molecule has 1 N–H and O–H groups in total. The Labute approximate surface area is 140 Å². The van der Waals surface area contributed by atoms with Gasteiger partial charge in [0, 0.05) is 37.0 Å². The molecule has 0 bridgehead atoms. The Kier molecular flexibility index (Phi) is 5.11. The molecule has 2 fully saturated rings. The van der Waals surface area contributed by atoms with Gasteiger partial charge in [0.25, 0.3) is 5.91 Å². The number of nitrogens with zero attached hydrogens (tertiary/aromatic N) is 1. The van der Waals surface area contributed by atoms with E-state index in [1.54, 1.807) is 0 Å². The van der Waals surface area contributed by atoms with Crippen molar-refractivity contribution in [1.29, 1.82) is 0 Å². The molecule has 1 aliphatic heterocycles. The number of hydrogen-bond donors (Lipinski definition) is 1. The third-order valence-electron chi connectivity index (χ3n) is 4.99. The van der Waals surface area contributed by atoms with Crippen LogP contribution in [0.2, 0.25) is 0 Å². The molecule has 2 amide bonds. The summed E-state index contributed by atoms with van der Waals surface area (Å²) in [5.74, 6) is -1.17. The zero-order valence-electron chi connectivity index (χ0n) is 13.5. The fourth-order valence-electron chi connectivity index (χ4n) is 3.27. The minimum atomic E-state index is -2.40. The maximum Gasteiger partial charge on any atom is 0.253 e. The minimum absolute atomic E-state index is 0.0378. The van der Waals surface area contributed by atoms with Crippen molar-refractivity contribution >= 4 is 11.8 Å². The lowest BCUT2D eigenvalue weighted by molar-refractivity contribution is -0.123. The highest BCUT2D eigenvalue weighted by molar-refractivity contribution is 5.94. The van der Waals surface area contributed by atoms with Gasteiger partial charge in [0.15, 0.2) is 0 Å². The summed E-state index contributed by atoms with van der Waals surface area (Å²) in [5.41, 5.74) is 0.691. The third kappa shape index (κ3) is 3.91. The molecule has 1 saturated carbocycles. The molecule has 4 nitrogen and oxygen atoms in total. The molecule has 1 aromatic carbocycles. The number of carbonyl (C=O) groups is 2. The first-order chi connectivity index (χ1) is 11.6. The minimum Gasteiger partial charge on any atom is -0.356 e. The topological polar surface area (TPSA) is 49.4 Å². The largest absolute Gasteiger partial charge is 0.356 e. The Hall–Kier alpha value is -1.98. The lowest BCUT2D eigenvalue weighted by Gasteiger charge is -2.32. The van der Waals surface area contributed by atoms with E-state index >= 15 is 0 Å². The maximum atomic E-state index is 12.5. The summed E-state index contributed by atoms with van der Waals surface area (Å²) in [6.07, 6.45) is -0.454. The van der Waals surface area contributed by atoms with Crippen molar-refractivity contribution in [3.05, 3.63) is 35.9 Å². The Morgan fingerprint density at radius 3 is 2.42 bits per heavy atom. The summed E-state index contributed by atoms with van der Waals surface area (Å²) in [4.78, 5) is 26.0. The van der Waals surface area contributed by atoms with E-state index in [1.165, 1.54) is 0 Å². The van der Waals surface area contributed by atoms with Crippen LogP contribution >= 0.6 is 0 Å². The molecule has 0 aromatic heterocycles. The van der Waals surface area contributed by atoms with Crippen molar-refractivity contribution < 1.29 is 18.4 Å². The summed E-state index contributed by atoms with van der Waals surface area (Å²) in [6, 6.07) is 9.19. The molecule has 6 heteroatoms. The molecule has 1 saturated heterocycles. The molecule has 130 valence electrons. The Morgan fingerprint density at radius 1 is 1.17 bits per heavy atom. The van der Waals surface area contributed by atoms with Gasteiger partial charge in [0.1, 0.15) is 0 Å². The predicted molar refractivity (Wildman–Crippen MR) is 85.7 cm³/mol. The Morgan fingerprint density at radius 2 is 1.83 bits per heavy atom. The van der Waals surface area contributed by atoms with Crippen LogP contribution in [0.3, 0.4) is 0 Å². The Balaban J connectivity index is 1.40. The van der Waals surface area contributed by atoms with Crippen molar-refractivity contribution in [3.8, 4) is 0 Å². The second-order valence-electron chi connectivity index (χ2n) is 6.69. The molecule has 0 unspecified atom stereocenters. The van der Waals surface area contributed by atoms with Crippen molar-refractivity contribution in [3.63, 3.8) is 0 Å². The molecule has 0 spiro atoms. The van der Waals surface area contributed by atoms with E-state index in [2.05, 4.69) is 5.32 Å². The second-order valence-corrected chi connectivity index (χ2v) is 6.69. The fourth-order valence-corrected chi connectivity index (χ4v) is 3.27. The molecular formula is C18H22F2N2O2. The summed E-state index contributed by atoms with van der Waals surface area (Å²) < 4.78 is 24.9. The van der Waals surface area contributed by atoms with Crippen LogP contribution in [0.25, 0.3) is 0 Å². The van der Waals surface area contributed by atoms with Crippen LogP contribution in [0.15, 0.2) is 30.3 Å². The van der Waals surface area contributed by atoms with Gasteiger partial charge in [0.2, 0.25) is 12.3 Å². The molecule has 24 heavy (non-hydrogen) atoms. The first-order valence-corrected chi connectivity index (χ1v) is 8.46. The number of amides is 2. The van der Waals surface area contributed by atoms with E-state index in [0.29, 0.717) is 37.5 Å². The SMILES string of the molecule is O=C(NCC1CCN(C(=O)c2ccccc2)CC1)[C@H]1C[C@@H]1C(F)F. The van der Waals surface area contributed by atoms with E-state index in [1.807, 2.05) is 35.2 Å². The van der Waals surface area contributed by atoms with E-state index in [0.717, 1.165) is 12.8 Å². The highest BCUT2D eigenvalue weighted by Gasteiger charge is 2.48. The monoisotopic (exact) mass is 336 g/mol. The smallest absolute Gasteiger partial charge is 0.253 e. The van der Waals surface area contributed by atoms with E-state index in [-0.39, 0.29) is 11.8 Å². The van der Waals surface area contributed by atoms with Gasteiger partial charge in [0.05, 0.1) is 0 Å². The third-order valence-corrected chi connectivity index (χ3v) is 4.99. The molecule has 1 aromatic rings. The fraction of sp³-hybridized carbons (Fsp3) is 0.556. The van der Waals surface area contributed by atoms with Crippen LogP contribution in [0, 0.1) is 17.8 Å². The quantitative estimate of drug-likeness (QED) is 0.898. The predicted octanol–water partition coefficient (Wildman–Crippen LogP) is 2.56. The lowest BCUT2D eigenvalue weighted by atomic mass is 9.96. The number of likely N-dealkylation sites (tertiary alicyclic amines) is 1. The van der Waals surface area contributed by atoms with E-state index in [9.17, 15) is 18.4 Å². The number of piperidine rings is 1. The number of carbonyl (C=O) groups excluding carboxylic acids is 2. The van der Waals surface area contributed by atoms with Crippen molar-refractivity contribution in [2.45, 2.75) is 25.7 Å². The normalized spacial score (nSPS) is 24.0. The van der Waals surface area contributed by atoms with Crippen LogP contribution in [0.4, 0.5) is 8.78 Å². The van der Waals surface area contributed by atoms with Gasteiger partial charge in [-0.15, -0.1) is 0 Å². The first-order valence-electron chi connectivity index (χ1n) is 8.46. The molecule has 2 aliphatic rings. The van der Waals surface area contributed by atoms with Crippen molar-refractivity contribution in [2.75, 3.05) is 19.6 Å². The van der Waals surface area contributed by atoms with Crippen LogP contribution in [0.1, 0.15) is 29.6 Å². The van der Waals surface area contributed by atoms with Gasteiger partial charge >= 0.3 is 0 Å². The zero-order valence-corrected chi connectivity index (χ0v) is 13.5. The van der Waals surface area contributed by atoms with Gasteiger partial charge in [-0.3, -0.25) is 9.59 Å². The molecule has 2 atom stereocenters. The van der Waals surface area contributed by atoms with E-state index < -0.39 is 18.3 Å². The van der Waals surface area contributed by atoms with E-state index in [4.69, 9.17) is 0 Å². The highest BCUT2D eigenvalue weighted by atomic mass is 19.3. The van der Waals surface area contributed by atoms with Crippen LogP contribution in [-0.4, -0.2) is 42.8 Å². The molecule has 3 rings (SSSR count). The first kappa shape index (κ1) is 16.9. The van der Waals surface area contributed by atoms with Gasteiger partial charge in [-0.2, -0.15) is 0 Å². The Bertz CT molecular complexity index is 586. The molecule has 0 radical (unpaired) electrons. The van der Waals surface area contributed by atoms with Gasteiger partial charge in [-0.25, -0.2) is 8.78 Å². The maximum absolute atomic E-state index is 12.5. The summed E-state index contributed by atoms with van der Waals surface area (Å²) in [5, 5.41) is 2.80. The summed E-state index contributed by atoms with van der Waals surface area (Å²) >= 11 is 0. The molecular weight excluding hydrogens is 314 g/mol. The standard InChI is InChI=1S/C18H22F2N2O2/c19-16(20)14-10-15(14)17(23)21-11-12-6-8-22(9-7-12)18(24)13-4-2-1-3-5-13/h1-5,12,14-16H,6-11H2,(H,21,23)/t14-,15-/m0/s1. The average Bonchev–Trinajstić information content (AvgIpc) is 3.41. The van der Waals surface area contributed by atoms with Gasteiger partial charge in [-0.1, -0.05) is 18.2 Å². The summed E-state index contributed by atoms with van der Waals surface area (Å²) in [6.45, 7) is 1.84. The number of halogens is 2. The average molecular weight is 336 g/mol. The van der Waals surface area contributed by atoms with Crippen LogP contribution in [0.5, 0.6) is 0 Å². The summed E-state index contributed by atoms with van der Waals surface area (Å²) in [7, 11) is 0. The second kappa shape index (κ2) is 7.28.